The molecular weight excluding hydrogens is 350 g/mol. The van der Waals surface area contributed by atoms with Crippen LogP contribution < -0.4 is 4.74 Å². The van der Waals surface area contributed by atoms with E-state index in [-0.39, 0.29) is 6.10 Å². The second-order valence-corrected chi connectivity index (χ2v) is 8.31. The summed E-state index contributed by atoms with van der Waals surface area (Å²) in [6.07, 6.45) is 2.86. The fraction of sp³-hybridized carbons (Fsp3) is 0.368. The maximum atomic E-state index is 12.5. The lowest BCUT2D eigenvalue weighted by Gasteiger charge is -2.30. The first-order chi connectivity index (χ1) is 12.4. The van der Waals surface area contributed by atoms with Gasteiger partial charge in [-0.15, -0.1) is 5.10 Å². The van der Waals surface area contributed by atoms with Crippen molar-refractivity contribution in [2.24, 2.45) is 0 Å². The van der Waals surface area contributed by atoms with Gasteiger partial charge < -0.3 is 4.74 Å². The van der Waals surface area contributed by atoms with Crippen molar-refractivity contribution in [2.45, 2.75) is 32.8 Å². The summed E-state index contributed by atoms with van der Waals surface area (Å²) in [5.74, 6) is 0.483. The van der Waals surface area contributed by atoms with Crippen LogP contribution >= 0.6 is 0 Å². The first-order valence-electron chi connectivity index (χ1n) is 8.64. The molecule has 2 heterocycles. The molecule has 7 heteroatoms. The van der Waals surface area contributed by atoms with E-state index >= 15 is 0 Å². The molecule has 0 N–H and O–H groups in total. The Hall–Kier alpha value is -2.25. The Balaban J connectivity index is 1.56. The van der Waals surface area contributed by atoms with E-state index in [4.69, 9.17) is 4.74 Å². The standard InChI is InChI=1S/C19H23N3O3S/c1-15-3-6-17(7-4-15)11-14-26(23,24)22-12-9-18(10-13-22)25-19-8-5-16(2)20-21-19/h3-8,11,14,18H,9-10,12-13H2,1-2H3/b14-11+. The van der Waals surface area contributed by atoms with Crippen LogP contribution in [0.2, 0.25) is 0 Å². The van der Waals surface area contributed by atoms with Gasteiger partial charge in [-0.05, 0) is 44.4 Å². The molecule has 0 amide bonds. The van der Waals surface area contributed by atoms with E-state index in [0.717, 1.165) is 16.8 Å². The molecule has 1 fully saturated rings. The fourth-order valence-corrected chi connectivity index (χ4v) is 3.97. The first kappa shape index (κ1) is 18.5. The lowest BCUT2D eigenvalue weighted by Crippen LogP contribution is -2.41. The predicted molar refractivity (Wildman–Crippen MR) is 101 cm³/mol. The molecule has 0 unspecified atom stereocenters. The van der Waals surface area contributed by atoms with Gasteiger partial charge in [0.05, 0.1) is 5.69 Å². The lowest BCUT2D eigenvalue weighted by molar-refractivity contribution is 0.129. The number of hydrogen-bond acceptors (Lipinski definition) is 5. The highest BCUT2D eigenvalue weighted by molar-refractivity contribution is 7.92. The van der Waals surface area contributed by atoms with E-state index in [2.05, 4.69) is 10.2 Å². The fourth-order valence-electron chi connectivity index (χ4n) is 2.75. The lowest BCUT2D eigenvalue weighted by atomic mass is 10.1. The Morgan fingerprint density at radius 1 is 1.04 bits per heavy atom. The van der Waals surface area contributed by atoms with E-state index < -0.39 is 10.0 Å². The van der Waals surface area contributed by atoms with Crippen LogP contribution in [0, 0.1) is 13.8 Å². The quantitative estimate of drug-likeness (QED) is 0.806. The molecular formula is C19H23N3O3S. The molecule has 138 valence electrons. The molecule has 1 aromatic carbocycles. The summed E-state index contributed by atoms with van der Waals surface area (Å²) in [6.45, 7) is 4.73. The van der Waals surface area contributed by atoms with Crippen LogP contribution in [0.3, 0.4) is 0 Å². The van der Waals surface area contributed by atoms with E-state index in [9.17, 15) is 8.42 Å². The molecule has 0 spiro atoms. The molecule has 6 nitrogen and oxygen atoms in total. The van der Waals surface area contributed by atoms with Crippen LogP contribution in [0.15, 0.2) is 41.8 Å². The Morgan fingerprint density at radius 3 is 2.35 bits per heavy atom. The van der Waals surface area contributed by atoms with Crippen molar-refractivity contribution in [3.05, 3.63) is 58.6 Å². The third-order valence-electron chi connectivity index (χ3n) is 4.33. The van der Waals surface area contributed by atoms with Crippen molar-refractivity contribution < 1.29 is 13.2 Å². The molecule has 3 rings (SSSR count). The number of aromatic nitrogens is 2. The summed E-state index contributed by atoms with van der Waals surface area (Å²) >= 11 is 0. The monoisotopic (exact) mass is 373 g/mol. The molecule has 0 saturated carbocycles. The van der Waals surface area contributed by atoms with Crippen LogP contribution in [0.4, 0.5) is 0 Å². The number of benzene rings is 1. The van der Waals surface area contributed by atoms with Crippen LogP contribution in [-0.4, -0.2) is 42.1 Å². The van der Waals surface area contributed by atoms with E-state index in [1.807, 2.05) is 44.2 Å². The summed E-state index contributed by atoms with van der Waals surface area (Å²) < 4.78 is 32.3. The van der Waals surface area contributed by atoms with Gasteiger partial charge in [0.1, 0.15) is 6.10 Å². The van der Waals surface area contributed by atoms with E-state index in [0.29, 0.717) is 31.8 Å². The Labute approximate surface area is 154 Å². The third-order valence-corrected chi connectivity index (χ3v) is 5.90. The highest BCUT2D eigenvalue weighted by Crippen LogP contribution is 2.20. The van der Waals surface area contributed by atoms with Gasteiger partial charge >= 0.3 is 0 Å². The van der Waals surface area contributed by atoms with Gasteiger partial charge in [-0.1, -0.05) is 29.8 Å². The molecule has 0 bridgehead atoms. The average molecular weight is 373 g/mol. The zero-order valence-corrected chi connectivity index (χ0v) is 15.8. The van der Waals surface area contributed by atoms with Gasteiger partial charge in [-0.2, -0.15) is 9.40 Å². The SMILES string of the molecule is Cc1ccc(/C=C/S(=O)(=O)N2CCC(Oc3ccc(C)nn3)CC2)cc1. The summed E-state index contributed by atoms with van der Waals surface area (Å²) in [7, 11) is -3.42. The van der Waals surface area contributed by atoms with Crippen molar-refractivity contribution in [1.82, 2.24) is 14.5 Å². The van der Waals surface area contributed by atoms with Gasteiger partial charge in [0.25, 0.3) is 0 Å². The van der Waals surface area contributed by atoms with Crippen LogP contribution in [0.1, 0.15) is 29.7 Å². The van der Waals surface area contributed by atoms with Crippen molar-refractivity contribution >= 4 is 16.1 Å². The van der Waals surface area contributed by atoms with Crippen LogP contribution in [-0.2, 0) is 10.0 Å². The van der Waals surface area contributed by atoms with E-state index in [1.54, 1.807) is 12.1 Å². The zero-order valence-electron chi connectivity index (χ0n) is 15.0. The predicted octanol–water partition coefficient (Wildman–Crippen LogP) is 2.94. The van der Waals surface area contributed by atoms with Crippen molar-refractivity contribution in [1.29, 1.82) is 0 Å². The summed E-state index contributed by atoms with van der Waals surface area (Å²) in [5, 5.41) is 9.24. The molecule has 0 radical (unpaired) electrons. The Bertz CT molecular complexity index is 854. The number of sulfonamides is 1. The molecule has 1 aliphatic heterocycles. The molecule has 1 aliphatic rings. The average Bonchev–Trinajstić information content (AvgIpc) is 2.64. The number of aryl methyl sites for hydroxylation is 2. The van der Waals surface area contributed by atoms with Gasteiger partial charge in [0.2, 0.25) is 15.9 Å². The normalized spacial score (nSPS) is 16.8. The van der Waals surface area contributed by atoms with Crippen molar-refractivity contribution in [3.63, 3.8) is 0 Å². The topological polar surface area (TPSA) is 72.4 Å². The van der Waals surface area contributed by atoms with Gasteiger partial charge in [0, 0.05) is 24.6 Å². The van der Waals surface area contributed by atoms with Gasteiger partial charge in [0.15, 0.2) is 0 Å². The minimum Gasteiger partial charge on any atom is -0.473 e. The molecule has 2 aromatic rings. The highest BCUT2D eigenvalue weighted by atomic mass is 32.2. The maximum Gasteiger partial charge on any atom is 0.236 e. The smallest absolute Gasteiger partial charge is 0.236 e. The zero-order chi connectivity index (χ0) is 18.6. The summed E-state index contributed by atoms with van der Waals surface area (Å²) in [4.78, 5) is 0. The van der Waals surface area contributed by atoms with Crippen molar-refractivity contribution in [2.75, 3.05) is 13.1 Å². The Kier molecular flexibility index (Phi) is 5.68. The van der Waals surface area contributed by atoms with Crippen molar-refractivity contribution in [3.8, 4) is 5.88 Å². The van der Waals surface area contributed by atoms with Crippen LogP contribution in [0.25, 0.3) is 6.08 Å². The van der Waals surface area contributed by atoms with Crippen LogP contribution in [0.5, 0.6) is 5.88 Å². The molecule has 1 saturated heterocycles. The van der Waals surface area contributed by atoms with E-state index in [1.165, 1.54) is 9.71 Å². The number of piperidine rings is 1. The second-order valence-electron chi connectivity index (χ2n) is 6.49. The number of rotatable bonds is 5. The summed E-state index contributed by atoms with van der Waals surface area (Å²) in [6, 6.07) is 11.4. The third kappa shape index (κ3) is 4.89. The first-order valence-corrected chi connectivity index (χ1v) is 10.1. The molecule has 26 heavy (non-hydrogen) atoms. The Morgan fingerprint density at radius 2 is 1.73 bits per heavy atom. The minimum atomic E-state index is -3.42. The maximum absolute atomic E-state index is 12.5. The van der Waals surface area contributed by atoms with Gasteiger partial charge in [-0.25, -0.2) is 8.42 Å². The minimum absolute atomic E-state index is 0.0421. The number of hydrogen-bond donors (Lipinski definition) is 0. The molecule has 0 atom stereocenters. The number of ether oxygens (including phenoxy) is 1. The van der Waals surface area contributed by atoms with Gasteiger partial charge in [-0.3, -0.25) is 0 Å². The molecule has 1 aromatic heterocycles. The summed E-state index contributed by atoms with van der Waals surface area (Å²) in [5.41, 5.74) is 2.85. The molecule has 0 aliphatic carbocycles. The largest absolute Gasteiger partial charge is 0.473 e. The second kappa shape index (κ2) is 7.97. The highest BCUT2D eigenvalue weighted by Gasteiger charge is 2.27. The number of nitrogens with zero attached hydrogens (tertiary/aromatic N) is 3.